The number of anilines is 3. The Balaban J connectivity index is 1.90. The van der Waals surface area contributed by atoms with E-state index in [4.69, 9.17) is 5.73 Å². The van der Waals surface area contributed by atoms with E-state index in [1.54, 1.807) is 24.4 Å². The Morgan fingerprint density at radius 2 is 2.03 bits per heavy atom. The summed E-state index contributed by atoms with van der Waals surface area (Å²) in [7, 11) is 0. The van der Waals surface area contributed by atoms with E-state index in [-0.39, 0.29) is 23.6 Å². The minimum Gasteiger partial charge on any atom is -0.364 e. The van der Waals surface area contributed by atoms with Crippen LogP contribution in [0.4, 0.5) is 26.1 Å². The Morgan fingerprint density at radius 3 is 2.72 bits per heavy atom. The summed E-state index contributed by atoms with van der Waals surface area (Å²) in [6, 6.07) is 0.311. The lowest BCUT2D eigenvalue weighted by Gasteiger charge is -2.18. The summed E-state index contributed by atoms with van der Waals surface area (Å²) >= 11 is 0. The molecule has 0 aliphatic rings. The highest BCUT2D eigenvalue weighted by molar-refractivity contribution is 5.96. The van der Waals surface area contributed by atoms with Crippen molar-refractivity contribution in [1.29, 1.82) is 0 Å². The van der Waals surface area contributed by atoms with Gasteiger partial charge in [0.2, 0.25) is 0 Å². The molecule has 6 N–H and O–H groups in total. The highest BCUT2D eigenvalue weighted by Crippen LogP contribution is 2.22. The van der Waals surface area contributed by atoms with Crippen LogP contribution in [0.25, 0.3) is 11.0 Å². The van der Waals surface area contributed by atoms with Crippen molar-refractivity contribution in [1.82, 2.24) is 19.9 Å². The fraction of sp³-hybridized carbons (Fsp3) is 0.176. The van der Waals surface area contributed by atoms with Gasteiger partial charge in [-0.05, 0) is 18.2 Å². The highest BCUT2D eigenvalue weighted by Gasteiger charge is 2.28. The van der Waals surface area contributed by atoms with Crippen molar-refractivity contribution in [2.75, 3.05) is 10.6 Å². The maximum atomic E-state index is 13.0. The molecule has 0 aromatic carbocycles. The maximum Gasteiger partial charge on any atom is 0.302 e. The quantitative estimate of drug-likeness (QED) is 0.320. The van der Waals surface area contributed by atoms with E-state index < -0.39 is 24.4 Å². The molecule has 3 rings (SSSR count). The Labute approximate surface area is 162 Å². The van der Waals surface area contributed by atoms with Crippen molar-refractivity contribution in [3.05, 3.63) is 42.5 Å². The number of primary amides is 1. The number of alkyl halides is 2. The molecule has 0 aliphatic heterocycles. The molecule has 3 aromatic heterocycles. The zero-order chi connectivity index (χ0) is 21.0. The molecule has 0 saturated carbocycles. The zero-order valence-corrected chi connectivity index (χ0v) is 14.8. The van der Waals surface area contributed by atoms with E-state index in [2.05, 4.69) is 36.3 Å². The third-order valence-electron chi connectivity index (χ3n) is 3.71. The third-order valence-corrected chi connectivity index (χ3v) is 3.71. The fourth-order valence-electron chi connectivity index (χ4n) is 2.50. The SMILES string of the molecule is NC(=O)c1ncc(NC(C=O)CC(N)(F)F)nc1Nc1cnc2cccnc2c1. The standard InChI is InChI=1S/C17H16F2N8O2/c18-17(19,21)5-10(8-28)25-13-7-24-14(15(20)29)16(27-13)26-9-4-12-11(23-6-9)2-1-3-22-12/h1-4,6-8,10H,5,21H2,(H2,20,29)(H2,25,26,27). The smallest absolute Gasteiger partial charge is 0.302 e. The average molecular weight is 402 g/mol. The van der Waals surface area contributed by atoms with E-state index in [1.807, 2.05) is 0 Å². The van der Waals surface area contributed by atoms with Crippen LogP contribution in [0, 0.1) is 0 Å². The third kappa shape index (κ3) is 5.13. The van der Waals surface area contributed by atoms with Gasteiger partial charge in [0.15, 0.2) is 11.5 Å². The normalized spacial score (nSPS) is 12.4. The molecule has 1 amide bonds. The van der Waals surface area contributed by atoms with Crippen molar-refractivity contribution < 1.29 is 18.4 Å². The van der Waals surface area contributed by atoms with Gasteiger partial charge in [0.25, 0.3) is 5.91 Å². The zero-order valence-electron chi connectivity index (χ0n) is 14.8. The molecule has 0 bridgehead atoms. The highest BCUT2D eigenvalue weighted by atomic mass is 19.3. The Bertz CT molecular complexity index is 1060. The second kappa shape index (κ2) is 8.06. The first-order valence-corrected chi connectivity index (χ1v) is 8.28. The minimum absolute atomic E-state index is 0.0364. The number of carbonyl (C=O) groups is 2. The number of nitrogens with one attached hydrogen (secondary N) is 2. The monoisotopic (exact) mass is 402 g/mol. The molecule has 3 heterocycles. The second-order valence-corrected chi connectivity index (χ2v) is 6.06. The Hall–Kier alpha value is -3.80. The van der Waals surface area contributed by atoms with E-state index in [1.165, 1.54) is 6.20 Å². The van der Waals surface area contributed by atoms with Gasteiger partial charge in [-0.15, -0.1) is 0 Å². The molecule has 3 aromatic rings. The van der Waals surface area contributed by atoms with Crippen LogP contribution in [-0.2, 0) is 4.79 Å². The van der Waals surface area contributed by atoms with Gasteiger partial charge in [-0.25, -0.2) is 9.97 Å². The minimum atomic E-state index is -3.55. The lowest BCUT2D eigenvalue weighted by molar-refractivity contribution is -0.110. The summed E-state index contributed by atoms with van der Waals surface area (Å²) in [6.07, 6.45) is 3.51. The predicted octanol–water partition coefficient (Wildman–Crippen LogP) is 1.18. The number of aromatic nitrogens is 4. The average Bonchev–Trinajstić information content (AvgIpc) is 2.66. The molecule has 150 valence electrons. The van der Waals surface area contributed by atoms with Crippen molar-refractivity contribution in [3.8, 4) is 0 Å². The first-order chi connectivity index (χ1) is 13.7. The molecule has 0 spiro atoms. The van der Waals surface area contributed by atoms with Crippen LogP contribution >= 0.6 is 0 Å². The summed E-state index contributed by atoms with van der Waals surface area (Å²) < 4.78 is 26.0. The first-order valence-electron chi connectivity index (χ1n) is 8.28. The summed E-state index contributed by atoms with van der Waals surface area (Å²) in [5.74, 6) is -0.951. The number of pyridine rings is 2. The van der Waals surface area contributed by atoms with Crippen LogP contribution in [0.2, 0.25) is 0 Å². The summed E-state index contributed by atoms with van der Waals surface area (Å²) in [6.45, 7) is 0. The van der Waals surface area contributed by atoms with Gasteiger partial charge in [-0.1, -0.05) is 0 Å². The van der Waals surface area contributed by atoms with Crippen LogP contribution in [0.3, 0.4) is 0 Å². The number of nitrogens with two attached hydrogens (primary N) is 2. The van der Waals surface area contributed by atoms with Crippen LogP contribution in [0.1, 0.15) is 16.9 Å². The van der Waals surface area contributed by atoms with Gasteiger partial charge < -0.3 is 21.2 Å². The number of nitrogens with zero attached hydrogens (tertiary/aromatic N) is 4. The molecule has 0 saturated heterocycles. The van der Waals surface area contributed by atoms with E-state index in [0.29, 0.717) is 16.7 Å². The van der Waals surface area contributed by atoms with E-state index >= 15 is 0 Å². The number of hydrogen-bond acceptors (Lipinski definition) is 9. The van der Waals surface area contributed by atoms with Gasteiger partial charge >= 0.3 is 6.05 Å². The molecule has 0 aliphatic carbocycles. The lowest BCUT2D eigenvalue weighted by Crippen LogP contribution is -2.37. The molecular weight excluding hydrogens is 386 g/mol. The molecule has 0 fully saturated rings. The molecule has 29 heavy (non-hydrogen) atoms. The summed E-state index contributed by atoms with van der Waals surface area (Å²) in [5, 5.41) is 5.33. The Morgan fingerprint density at radius 1 is 1.24 bits per heavy atom. The Kier molecular flexibility index (Phi) is 5.54. The molecule has 1 atom stereocenters. The topological polar surface area (TPSA) is 162 Å². The van der Waals surface area contributed by atoms with Crippen molar-refractivity contribution in [2.45, 2.75) is 18.5 Å². The van der Waals surface area contributed by atoms with Gasteiger partial charge in [0.05, 0.1) is 41.6 Å². The number of amides is 1. The molecule has 1 unspecified atom stereocenters. The largest absolute Gasteiger partial charge is 0.364 e. The van der Waals surface area contributed by atoms with Gasteiger partial charge in [-0.2, -0.15) is 8.78 Å². The summed E-state index contributed by atoms with van der Waals surface area (Å²) in [5.41, 5.74) is 11.5. The first kappa shape index (κ1) is 19.9. The van der Waals surface area contributed by atoms with Crippen LogP contribution < -0.4 is 22.1 Å². The van der Waals surface area contributed by atoms with Crippen molar-refractivity contribution >= 4 is 40.5 Å². The predicted molar refractivity (Wildman–Crippen MR) is 101 cm³/mol. The molecular formula is C17H16F2N8O2. The molecule has 12 heteroatoms. The fourth-order valence-corrected chi connectivity index (χ4v) is 2.50. The van der Waals surface area contributed by atoms with E-state index in [9.17, 15) is 18.4 Å². The summed E-state index contributed by atoms with van der Waals surface area (Å²) in [4.78, 5) is 39.1. The van der Waals surface area contributed by atoms with Gasteiger partial charge in [0, 0.05) is 6.20 Å². The molecule has 0 radical (unpaired) electrons. The van der Waals surface area contributed by atoms with Crippen LogP contribution in [0.5, 0.6) is 0 Å². The van der Waals surface area contributed by atoms with Crippen molar-refractivity contribution in [2.24, 2.45) is 11.5 Å². The maximum absolute atomic E-state index is 13.0. The number of rotatable bonds is 8. The second-order valence-electron chi connectivity index (χ2n) is 6.06. The molecule has 10 nitrogen and oxygen atoms in total. The van der Waals surface area contributed by atoms with Crippen molar-refractivity contribution in [3.63, 3.8) is 0 Å². The number of carbonyl (C=O) groups excluding carboxylic acids is 2. The number of halogens is 2. The number of aldehydes is 1. The number of hydrogen-bond donors (Lipinski definition) is 4. The van der Waals surface area contributed by atoms with Crippen LogP contribution in [-0.4, -0.2) is 44.2 Å². The van der Waals surface area contributed by atoms with Gasteiger partial charge in [-0.3, -0.25) is 20.5 Å². The van der Waals surface area contributed by atoms with Crippen LogP contribution in [0.15, 0.2) is 36.8 Å². The van der Waals surface area contributed by atoms with Gasteiger partial charge in [0.1, 0.15) is 12.1 Å². The lowest BCUT2D eigenvalue weighted by atomic mass is 10.2. The number of fused-ring (bicyclic) bond motifs is 1. The van der Waals surface area contributed by atoms with E-state index in [0.717, 1.165) is 6.20 Å².